The third-order valence-electron chi connectivity index (χ3n) is 4.62. The molecule has 0 spiro atoms. The van der Waals surface area contributed by atoms with Gasteiger partial charge in [0, 0.05) is 19.1 Å². The molecule has 2 aliphatic rings. The summed E-state index contributed by atoms with van der Waals surface area (Å²) >= 11 is 0. The molecule has 0 unspecified atom stereocenters. The molecule has 1 aromatic heterocycles. The van der Waals surface area contributed by atoms with Gasteiger partial charge in [-0.1, -0.05) is 0 Å². The Labute approximate surface area is 119 Å². The highest BCUT2D eigenvalue weighted by Gasteiger charge is 2.55. The zero-order valence-corrected chi connectivity index (χ0v) is 11.4. The maximum atomic E-state index is 12.7. The van der Waals surface area contributed by atoms with Crippen molar-refractivity contribution in [2.24, 2.45) is 11.8 Å². The number of imidazole rings is 1. The van der Waals surface area contributed by atoms with Crippen LogP contribution in [0.3, 0.4) is 0 Å². The van der Waals surface area contributed by atoms with Crippen LogP contribution in [0.4, 0.5) is 19.1 Å². The van der Waals surface area contributed by atoms with Crippen molar-refractivity contribution in [1.82, 2.24) is 15.3 Å². The molecule has 1 aliphatic heterocycles. The largest absolute Gasteiger partial charge is 0.416 e. The number of aromatic amines is 1. The van der Waals surface area contributed by atoms with Crippen LogP contribution < -0.4 is 10.2 Å². The van der Waals surface area contributed by atoms with E-state index in [1.165, 1.54) is 6.07 Å². The number of aromatic nitrogens is 2. The molecule has 2 aromatic rings. The van der Waals surface area contributed by atoms with E-state index < -0.39 is 11.7 Å². The highest BCUT2D eigenvalue weighted by atomic mass is 19.4. The second-order valence-corrected chi connectivity index (χ2v) is 5.84. The van der Waals surface area contributed by atoms with Crippen molar-refractivity contribution in [3.8, 4) is 0 Å². The molecular weight excluding hydrogens is 281 g/mol. The lowest BCUT2D eigenvalue weighted by molar-refractivity contribution is -0.137. The summed E-state index contributed by atoms with van der Waals surface area (Å²) in [6, 6.07) is 4.22. The fraction of sp³-hybridized carbons (Fsp3) is 0.500. The van der Waals surface area contributed by atoms with Crippen LogP contribution in [0, 0.1) is 11.8 Å². The van der Waals surface area contributed by atoms with Crippen LogP contribution in [-0.2, 0) is 6.18 Å². The summed E-state index contributed by atoms with van der Waals surface area (Å²) in [7, 11) is 1.97. The lowest BCUT2D eigenvalue weighted by Crippen LogP contribution is -2.30. The predicted molar refractivity (Wildman–Crippen MR) is 73.1 cm³/mol. The third-order valence-corrected chi connectivity index (χ3v) is 4.62. The van der Waals surface area contributed by atoms with E-state index in [4.69, 9.17) is 0 Å². The van der Waals surface area contributed by atoms with Crippen molar-refractivity contribution >= 4 is 17.0 Å². The minimum absolute atomic E-state index is 0.366. The number of alkyl halides is 3. The van der Waals surface area contributed by atoms with Crippen LogP contribution in [0.2, 0.25) is 0 Å². The van der Waals surface area contributed by atoms with Gasteiger partial charge in [0.15, 0.2) is 0 Å². The highest BCUT2D eigenvalue weighted by Crippen LogP contribution is 2.46. The van der Waals surface area contributed by atoms with Gasteiger partial charge in [-0.05, 0) is 37.1 Å². The van der Waals surface area contributed by atoms with Gasteiger partial charge in [-0.15, -0.1) is 0 Å². The summed E-state index contributed by atoms with van der Waals surface area (Å²) in [6.07, 6.45) is -4.33. The van der Waals surface area contributed by atoms with Crippen LogP contribution in [0.1, 0.15) is 5.56 Å². The lowest BCUT2D eigenvalue weighted by atomic mass is 10.2. The van der Waals surface area contributed by atoms with Gasteiger partial charge in [0.05, 0.1) is 16.6 Å². The Bertz CT molecular complexity index is 681. The number of nitrogens with one attached hydrogen (secondary N) is 2. The van der Waals surface area contributed by atoms with Crippen molar-refractivity contribution in [3.05, 3.63) is 23.8 Å². The molecule has 0 bridgehead atoms. The minimum Gasteiger partial charge on any atom is -0.342 e. The van der Waals surface area contributed by atoms with Crippen LogP contribution in [0.25, 0.3) is 11.0 Å². The third kappa shape index (κ3) is 1.98. The highest BCUT2D eigenvalue weighted by molar-refractivity contribution is 5.78. The zero-order chi connectivity index (χ0) is 14.8. The Morgan fingerprint density at radius 3 is 2.62 bits per heavy atom. The first-order valence-corrected chi connectivity index (χ1v) is 6.96. The molecule has 1 aliphatic carbocycles. The molecule has 0 amide bonds. The van der Waals surface area contributed by atoms with Crippen molar-refractivity contribution in [3.63, 3.8) is 0 Å². The van der Waals surface area contributed by atoms with Gasteiger partial charge in [-0.3, -0.25) is 0 Å². The van der Waals surface area contributed by atoms with E-state index in [1.807, 2.05) is 7.05 Å². The molecule has 4 nitrogen and oxygen atoms in total. The molecule has 112 valence electrons. The summed E-state index contributed by atoms with van der Waals surface area (Å²) in [6.45, 7) is 1.81. The summed E-state index contributed by atoms with van der Waals surface area (Å²) in [5, 5.41) is 3.28. The van der Waals surface area contributed by atoms with E-state index in [0.29, 0.717) is 34.9 Å². The van der Waals surface area contributed by atoms with Gasteiger partial charge in [0.2, 0.25) is 5.95 Å². The van der Waals surface area contributed by atoms with Crippen molar-refractivity contribution in [2.75, 3.05) is 25.0 Å². The number of hydrogen-bond acceptors (Lipinski definition) is 3. The van der Waals surface area contributed by atoms with Gasteiger partial charge in [-0.2, -0.15) is 13.2 Å². The quantitative estimate of drug-likeness (QED) is 0.893. The van der Waals surface area contributed by atoms with Crippen LogP contribution in [-0.4, -0.2) is 36.1 Å². The first kappa shape index (κ1) is 12.9. The average molecular weight is 296 g/mol. The van der Waals surface area contributed by atoms with Crippen LogP contribution in [0.5, 0.6) is 0 Å². The topological polar surface area (TPSA) is 44.0 Å². The second-order valence-electron chi connectivity index (χ2n) is 5.84. The van der Waals surface area contributed by atoms with Crippen LogP contribution in [0.15, 0.2) is 18.2 Å². The number of hydrogen-bond donors (Lipinski definition) is 2. The van der Waals surface area contributed by atoms with E-state index in [1.54, 1.807) is 0 Å². The van der Waals surface area contributed by atoms with Crippen LogP contribution >= 0.6 is 0 Å². The zero-order valence-electron chi connectivity index (χ0n) is 11.4. The molecule has 4 rings (SSSR count). The van der Waals surface area contributed by atoms with E-state index in [2.05, 4.69) is 20.2 Å². The molecular formula is C14H15F3N4. The Morgan fingerprint density at radius 1 is 1.29 bits per heavy atom. The Hall–Kier alpha value is -1.76. The van der Waals surface area contributed by atoms with E-state index in [-0.39, 0.29) is 0 Å². The molecule has 2 fully saturated rings. The summed E-state index contributed by atoms with van der Waals surface area (Å²) in [5.41, 5.74) is 0.349. The molecule has 3 atom stereocenters. The normalized spacial score (nSPS) is 28.2. The summed E-state index contributed by atoms with van der Waals surface area (Å²) in [4.78, 5) is 9.56. The SMILES string of the molecule is CN[C@H]1[C@@H]2CN(c3nc4cc(C(F)(F)F)ccc4[nH]3)C[C@@H]21. The number of fused-ring (bicyclic) bond motifs is 2. The smallest absolute Gasteiger partial charge is 0.342 e. The Balaban J connectivity index is 1.60. The number of anilines is 1. The van der Waals surface area contributed by atoms with Gasteiger partial charge in [0.1, 0.15) is 0 Å². The van der Waals surface area contributed by atoms with Crippen molar-refractivity contribution in [1.29, 1.82) is 0 Å². The Morgan fingerprint density at radius 2 is 2.00 bits per heavy atom. The van der Waals surface area contributed by atoms with E-state index >= 15 is 0 Å². The van der Waals surface area contributed by atoms with Crippen molar-refractivity contribution < 1.29 is 13.2 Å². The van der Waals surface area contributed by atoms with Gasteiger partial charge in [0.25, 0.3) is 0 Å². The number of piperidine rings is 1. The maximum Gasteiger partial charge on any atom is 0.416 e. The number of H-pyrrole nitrogens is 1. The number of rotatable bonds is 2. The molecule has 2 N–H and O–H groups in total. The molecule has 1 saturated heterocycles. The summed E-state index contributed by atoms with van der Waals surface area (Å²) < 4.78 is 38.1. The molecule has 7 heteroatoms. The maximum absolute atomic E-state index is 12.7. The van der Waals surface area contributed by atoms with Gasteiger partial charge < -0.3 is 15.2 Å². The van der Waals surface area contributed by atoms with Crippen molar-refractivity contribution in [2.45, 2.75) is 12.2 Å². The van der Waals surface area contributed by atoms with Gasteiger partial charge in [-0.25, -0.2) is 4.98 Å². The second kappa shape index (κ2) is 4.13. The molecule has 21 heavy (non-hydrogen) atoms. The first-order valence-electron chi connectivity index (χ1n) is 6.96. The lowest BCUT2D eigenvalue weighted by Gasteiger charge is -2.18. The number of halogens is 3. The molecule has 1 saturated carbocycles. The molecule has 0 radical (unpaired) electrons. The van der Waals surface area contributed by atoms with Gasteiger partial charge >= 0.3 is 6.18 Å². The number of benzene rings is 1. The fourth-order valence-electron chi connectivity index (χ4n) is 3.45. The van der Waals surface area contributed by atoms with E-state index in [9.17, 15) is 13.2 Å². The number of nitrogens with zero attached hydrogens (tertiary/aromatic N) is 2. The molecule has 2 heterocycles. The average Bonchev–Trinajstić information content (AvgIpc) is 2.81. The fourth-order valence-corrected chi connectivity index (χ4v) is 3.45. The first-order chi connectivity index (χ1) is 9.97. The van der Waals surface area contributed by atoms with E-state index in [0.717, 1.165) is 25.2 Å². The Kier molecular flexibility index (Phi) is 2.54. The predicted octanol–water partition coefficient (Wildman–Crippen LogP) is 2.24. The standard InChI is InChI=1S/C14H15F3N4/c1-18-12-8-5-21(6-9(8)12)13-19-10-3-2-7(14(15,16)17)4-11(10)20-13/h2-4,8-9,12,18H,5-6H2,1H3,(H,19,20)/t8-,9+,12+. The molecule has 1 aromatic carbocycles. The monoisotopic (exact) mass is 296 g/mol. The summed E-state index contributed by atoms with van der Waals surface area (Å²) in [5.74, 6) is 1.94. The minimum atomic E-state index is -4.33.